The van der Waals surface area contributed by atoms with Gasteiger partial charge in [0.25, 0.3) is 0 Å². The molecule has 1 N–H and O–H groups in total. The maximum atomic E-state index is 5.98. The van der Waals surface area contributed by atoms with Gasteiger partial charge >= 0.3 is 0 Å². The number of nitrogens with one attached hydrogen (secondary N) is 1. The summed E-state index contributed by atoms with van der Waals surface area (Å²) in [6.45, 7) is 11.4. The second-order valence-electron chi connectivity index (χ2n) is 5.99. The summed E-state index contributed by atoms with van der Waals surface area (Å²) >= 11 is 0. The number of aryl methyl sites for hydroxylation is 3. The molecule has 1 heterocycles. The number of hydrogen-bond donors (Lipinski definition) is 1. The highest BCUT2D eigenvalue weighted by Crippen LogP contribution is 2.24. The Morgan fingerprint density at radius 3 is 2.26 bits per heavy atom. The minimum absolute atomic E-state index is 0.859. The van der Waals surface area contributed by atoms with Crippen LogP contribution in [-0.4, -0.2) is 26.2 Å². The molecule has 2 heteroatoms. The van der Waals surface area contributed by atoms with Crippen molar-refractivity contribution < 1.29 is 9.64 Å². The average Bonchev–Trinajstić information content (AvgIpc) is 2.84. The van der Waals surface area contributed by atoms with E-state index in [1.807, 2.05) is 0 Å². The van der Waals surface area contributed by atoms with Gasteiger partial charge in [0.2, 0.25) is 0 Å². The van der Waals surface area contributed by atoms with Gasteiger partial charge in [-0.3, -0.25) is 0 Å². The van der Waals surface area contributed by atoms with Crippen LogP contribution in [0.4, 0.5) is 0 Å². The third kappa shape index (κ3) is 4.24. The molecule has 0 amide bonds. The molecule has 0 bridgehead atoms. The van der Waals surface area contributed by atoms with Crippen molar-refractivity contribution in [1.82, 2.24) is 0 Å². The fraction of sp³-hybridized carbons (Fsp3) is 0.647. The highest BCUT2D eigenvalue weighted by Gasteiger charge is 2.14. The second-order valence-corrected chi connectivity index (χ2v) is 5.99. The van der Waals surface area contributed by atoms with Gasteiger partial charge in [-0.05, 0) is 44.7 Å². The molecule has 0 radical (unpaired) electrons. The molecule has 0 aliphatic carbocycles. The van der Waals surface area contributed by atoms with Crippen molar-refractivity contribution in [3.63, 3.8) is 0 Å². The van der Waals surface area contributed by atoms with Crippen LogP contribution in [0.5, 0.6) is 5.75 Å². The summed E-state index contributed by atoms with van der Waals surface area (Å²) in [5.74, 6) is 1.10. The Morgan fingerprint density at radius 1 is 1.00 bits per heavy atom. The second kappa shape index (κ2) is 6.95. The van der Waals surface area contributed by atoms with Crippen LogP contribution in [-0.2, 0) is 0 Å². The molecule has 1 aliphatic heterocycles. The third-order valence-electron chi connectivity index (χ3n) is 4.09. The molecule has 1 aromatic carbocycles. The number of ether oxygens (including phenoxy) is 1. The number of likely N-dealkylation sites (tertiary alicyclic amines) is 1. The van der Waals surface area contributed by atoms with Gasteiger partial charge in [0, 0.05) is 12.8 Å². The first kappa shape index (κ1) is 14.4. The predicted molar refractivity (Wildman–Crippen MR) is 80.2 cm³/mol. The minimum atomic E-state index is 0.859. The van der Waals surface area contributed by atoms with E-state index in [-0.39, 0.29) is 0 Å². The molecule has 0 spiro atoms. The standard InChI is InChI=1S/C17H27NO/c1-14-12-15(2)17(16(3)13-14)19-11-7-6-10-18-8-4-5-9-18/h12-13H,4-11H2,1-3H3/p+1. The van der Waals surface area contributed by atoms with Gasteiger partial charge in [-0.25, -0.2) is 0 Å². The lowest BCUT2D eigenvalue weighted by atomic mass is 10.1. The van der Waals surface area contributed by atoms with E-state index in [0.29, 0.717) is 0 Å². The van der Waals surface area contributed by atoms with E-state index < -0.39 is 0 Å². The maximum absolute atomic E-state index is 5.98. The first-order valence-corrected chi connectivity index (χ1v) is 7.71. The van der Waals surface area contributed by atoms with Gasteiger partial charge in [-0.15, -0.1) is 0 Å². The smallest absolute Gasteiger partial charge is 0.125 e. The summed E-state index contributed by atoms with van der Waals surface area (Å²) < 4.78 is 5.98. The van der Waals surface area contributed by atoms with Gasteiger partial charge < -0.3 is 9.64 Å². The Morgan fingerprint density at radius 2 is 1.63 bits per heavy atom. The molecular weight excluding hydrogens is 234 g/mol. The van der Waals surface area contributed by atoms with Gasteiger partial charge in [-0.1, -0.05) is 17.7 Å². The molecule has 1 fully saturated rings. The van der Waals surface area contributed by atoms with Crippen molar-refractivity contribution >= 4 is 0 Å². The largest absolute Gasteiger partial charge is 0.493 e. The topological polar surface area (TPSA) is 13.7 Å². The van der Waals surface area contributed by atoms with E-state index in [4.69, 9.17) is 4.74 Å². The number of quaternary nitrogens is 1. The van der Waals surface area contributed by atoms with Crippen LogP contribution in [0.3, 0.4) is 0 Å². The highest BCUT2D eigenvalue weighted by molar-refractivity contribution is 5.42. The van der Waals surface area contributed by atoms with Crippen LogP contribution in [0.25, 0.3) is 0 Å². The van der Waals surface area contributed by atoms with E-state index in [2.05, 4.69) is 32.9 Å². The lowest BCUT2D eigenvalue weighted by Gasteiger charge is -2.14. The third-order valence-corrected chi connectivity index (χ3v) is 4.09. The van der Waals surface area contributed by atoms with Crippen molar-refractivity contribution in [1.29, 1.82) is 0 Å². The van der Waals surface area contributed by atoms with Crippen molar-refractivity contribution in [3.05, 3.63) is 28.8 Å². The van der Waals surface area contributed by atoms with Crippen LogP contribution < -0.4 is 9.64 Å². The highest BCUT2D eigenvalue weighted by atomic mass is 16.5. The maximum Gasteiger partial charge on any atom is 0.125 e. The molecule has 19 heavy (non-hydrogen) atoms. The quantitative estimate of drug-likeness (QED) is 0.778. The molecule has 0 aromatic heterocycles. The van der Waals surface area contributed by atoms with Crippen LogP contribution in [0, 0.1) is 20.8 Å². The van der Waals surface area contributed by atoms with Gasteiger partial charge in [0.05, 0.1) is 26.2 Å². The zero-order valence-corrected chi connectivity index (χ0v) is 12.7. The van der Waals surface area contributed by atoms with E-state index in [9.17, 15) is 0 Å². The van der Waals surface area contributed by atoms with E-state index in [1.165, 1.54) is 62.0 Å². The van der Waals surface area contributed by atoms with E-state index in [1.54, 1.807) is 4.90 Å². The van der Waals surface area contributed by atoms with Crippen LogP contribution in [0.2, 0.25) is 0 Å². The minimum Gasteiger partial charge on any atom is -0.493 e. The molecule has 1 saturated heterocycles. The number of unbranched alkanes of at least 4 members (excludes halogenated alkanes) is 1. The fourth-order valence-electron chi connectivity index (χ4n) is 3.17. The van der Waals surface area contributed by atoms with Gasteiger partial charge in [0.1, 0.15) is 5.75 Å². The number of benzene rings is 1. The SMILES string of the molecule is Cc1cc(C)c(OCCCC[NH+]2CCCC2)c(C)c1. The van der Waals surface area contributed by atoms with Crippen molar-refractivity contribution in [3.8, 4) is 5.75 Å². The molecule has 2 rings (SSSR count). The molecule has 106 valence electrons. The molecule has 1 aliphatic rings. The first-order chi connectivity index (χ1) is 9.16. The summed E-state index contributed by atoms with van der Waals surface area (Å²) in [5, 5.41) is 0. The van der Waals surface area contributed by atoms with E-state index in [0.717, 1.165) is 12.4 Å². The zero-order chi connectivity index (χ0) is 13.7. The normalized spacial score (nSPS) is 15.9. The lowest BCUT2D eigenvalue weighted by molar-refractivity contribution is -0.887. The van der Waals surface area contributed by atoms with Crippen LogP contribution >= 0.6 is 0 Å². The predicted octanol–water partition coefficient (Wildman–Crippen LogP) is 2.45. The summed E-state index contributed by atoms with van der Waals surface area (Å²) in [5.41, 5.74) is 3.85. The van der Waals surface area contributed by atoms with Crippen LogP contribution in [0.1, 0.15) is 42.4 Å². The zero-order valence-electron chi connectivity index (χ0n) is 12.7. The van der Waals surface area contributed by atoms with Gasteiger partial charge in [-0.2, -0.15) is 0 Å². The Bertz CT molecular complexity index is 385. The molecule has 1 aromatic rings. The first-order valence-electron chi connectivity index (χ1n) is 7.71. The fourth-order valence-corrected chi connectivity index (χ4v) is 3.17. The summed E-state index contributed by atoms with van der Waals surface area (Å²) in [4.78, 5) is 1.79. The Hall–Kier alpha value is -1.02. The molecule has 2 nitrogen and oxygen atoms in total. The number of hydrogen-bond acceptors (Lipinski definition) is 1. The Kier molecular flexibility index (Phi) is 5.26. The van der Waals surface area contributed by atoms with Crippen molar-refractivity contribution in [2.24, 2.45) is 0 Å². The summed E-state index contributed by atoms with van der Waals surface area (Å²) in [6, 6.07) is 4.41. The number of rotatable bonds is 6. The molecular formula is C17H28NO+. The molecule has 0 unspecified atom stereocenters. The van der Waals surface area contributed by atoms with Gasteiger partial charge in [0.15, 0.2) is 0 Å². The van der Waals surface area contributed by atoms with E-state index >= 15 is 0 Å². The lowest BCUT2D eigenvalue weighted by Crippen LogP contribution is -3.09. The summed E-state index contributed by atoms with van der Waals surface area (Å²) in [6.07, 6.45) is 5.32. The average molecular weight is 262 g/mol. The summed E-state index contributed by atoms with van der Waals surface area (Å²) in [7, 11) is 0. The van der Waals surface area contributed by atoms with Crippen molar-refractivity contribution in [2.75, 3.05) is 26.2 Å². The Labute approximate surface area is 117 Å². The Balaban J connectivity index is 1.70. The van der Waals surface area contributed by atoms with Crippen LogP contribution in [0.15, 0.2) is 12.1 Å². The van der Waals surface area contributed by atoms with Crippen molar-refractivity contribution in [2.45, 2.75) is 46.5 Å². The molecule has 0 saturated carbocycles. The monoisotopic (exact) mass is 262 g/mol. The molecule has 0 atom stereocenters.